The maximum Gasteiger partial charge on any atom is 0.327 e. The van der Waals surface area contributed by atoms with Crippen molar-refractivity contribution in [3.63, 3.8) is 0 Å². The van der Waals surface area contributed by atoms with Crippen LogP contribution in [0.5, 0.6) is 0 Å². The van der Waals surface area contributed by atoms with Gasteiger partial charge in [-0.05, 0) is 75.1 Å². The molecule has 0 spiro atoms. The fourth-order valence-electron chi connectivity index (χ4n) is 5.86. The van der Waals surface area contributed by atoms with E-state index in [2.05, 4.69) is 63.1 Å². The molecule has 0 bridgehead atoms. The Kier molecular flexibility index (Phi) is 5.94. The third-order valence-electron chi connectivity index (χ3n) is 7.83. The first-order valence-corrected chi connectivity index (χ1v) is 13.3. The van der Waals surface area contributed by atoms with Gasteiger partial charge >= 0.3 is 5.97 Å². The van der Waals surface area contributed by atoms with Crippen LogP contribution in [0.2, 0.25) is 0 Å². The first-order valence-electron chi connectivity index (χ1n) is 12.4. The van der Waals surface area contributed by atoms with Crippen LogP contribution in [0.1, 0.15) is 73.1 Å². The minimum atomic E-state index is -0.924. The summed E-state index contributed by atoms with van der Waals surface area (Å²) >= 11 is 1.54. The highest BCUT2D eigenvalue weighted by Gasteiger charge is 2.38. The maximum atomic E-state index is 13.1. The summed E-state index contributed by atoms with van der Waals surface area (Å²) in [6, 6.07) is 3.20. The Morgan fingerprint density at radius 2 is 1.91 bits per heavy atom. The quantitative estimate of drug-likeness (QED) is 0.587. The van der Waals surface area contributed by atoms with Gasteiger partial charge in [-0.2, -0.15) is 4.58 Å². The largest absolute Gasteiger partial charge is 0.480 e. The number of aryl methyl sites for hydroxylation is 3. The van der Waals surface area contributed by atoms with Crippen LogP contribution in [-0.2, 0) is 18.3 Å². The van der Waals surface area contributed by atoms with Crippen LogP contribution in [0.25, 0.3) is 5.57 Å². The number of hydrogen-bond acceptors (Lipinski definition) is 3. The summed E-state index contributed by atoms with van der Waals surface area (Å²) in [6.07, 6.45) is 6.03. The lowest BCUT2D eigenvalue weighted by Gasteiger charge is -2.18. The molecule has 0 amide bonds. The zero-order valence-electron chi connectivity index (χ0n) is 21.4. The van der Waals surface area contributed by atoms with Gasteiger partial charge in [0.1, 0.15) is 13.1 Å². The Morgan fingerprint density at radius 3 is 2.46 bits per heavy atom. The second kappa shape index (κ2) is 8.70. The molecule has 35 heavy (non-hydrogen) atoms. The Labute approximate surface area is 210 Å². The molecular formula is C28H34N3O3S+. The molecule has 7 heteroatoms. The normalized spacial score (nSPS) is 21.0. The Morgan fingerprint density at radius 1 is 1.20 bits per heavy atom. The number of pyridine rings is 1. The molecule has 1 unspecified atom stereocenters. The second-order valence-electron chi connectivity index (χ2n) is 10.3. The summed E-state index contributed by atoms with van der Waals surface area (Å²) in [5.74, 6) is -0.0599. The van der Waals surface area contributed by atoms with Crippen molar-refractivity contribution in [2.45, 2.75) is 70.4 Å². The standard InChI is InChI=1S/C28H33N3O3S/c1-15-11-17(3)29(5)25(15)21(26-16(2)12-18(4)30(26)6)10-9-20-13-23(32)31-22(28(33)34)14-35-27(31)24(20)19-7-8-19/h11-13,19,22H,7-10,14H2,1-6H3/p+1. The van der Waals surface area contributed by atoms with Gasteiger partial charge in [0.25, 0.3) is 5.56 Å². The lowest BCUT2D eigenvalue weighted by atomic mass is 9.93. The molecule has 2 aromatic rings. The highest BCUT2D eigenvalue weighted by molar-refractivity contribution is 7.99. The smallest absolute Gasteiger partial charge is 0.327 e. The molecule has 184 valence electrons. The first-order chi connectivity index (χ1) is 16.6. The van der Waals surface area contributed by atoms with Crippen LogP contribution < -0.4 is 5.56 Å². The molecule has 3 aliphatic rings. The van der Waals surface area contributed by atoms with Crippen molar-refractivity contribution in [3.8, 4) is 0 Å². The molecule has 1 saturated carbocycles. The molecule has 1 fully saturated rings. The van der Waals surface area contributed by atoms with E-state index in [1.807, 2.05) is 0 Å². The van der Waals surface area contributed by atoms with Crippen LogP contribution in [-0.4, -0.2) is 43.3 Å². The van der Waals surface area contributed by atoms with Crippen LogP contribution >= 0.6 is 11.8 Å². The van der Waals surface area contributed by atoms with Gasteiger partial charge in [0.15, 0.2) is 5.71 Å². The molecular weight excluding hydrogens is 458 g/mol. The van der Waals surface area contributed by atoms with Crippen molar-refractivity contribution in [2.24, 2.45) is 7.05 Å². The van der Waals surface area contributed by atoms with Gasteiger partial charge < -0.3 is 9.67 Å². The number of fused-ring (bicyclic) bond motifs is 1. The van der Waals surface area contributed by atoms with E-state index in [-0.39, 0.29) is 5.56 Å². The molecule has 1 aliphatic carbocycles. The zero-order valence-corrected chi connectivity index (χ0v) is 22.3. The van der Waals surface area contributed by atoms with E-state index in [0.717, 1.165) is 36.3 Å². The summed E-state index contributed by atoms with van der Waals surface area (Å²) in [4.78, 5) is 24.9. The number of aromatic nitrogens is 2. The van der Waals surface area contributed by atoms with Crippen LogP contribution in [0.15, 0.2) is 39.3 Å². The number of likely N-dealkylation sites (N-methyl/N-ethyl adjacent to an activating group) is 1. The summed E-state index contributed by atoms with van der Waals surface area (Å²) in [7, 11) is 4.26. The molecule has 0 aromatic carbocycles. The third-order valence-corrected chi connectivity index (χ3v) is 9.01. The van der Waals surface area contributed by atoms with Crippen LogP contribution in [0.4, 0.5) is 0 Å². The minimum absolute atomic E-state index is 0.185. The number of carbonyl (C=O) groups is 1. The number of nitrogens with zero attached hydrogens (tertiary/aromatic N) is 3. The fourth-order valence-corrected chi connectivity index (χ4v) is 7.28. The van der Waals surface area contributed by atoms with Crippen molar-refractivity contribution in [2.75, 3.05) is 12.8 Å². The zero-order chi connectivity index (χ0) is 25.2. The predicted molar refractivity (Wildman–Crippen MR) is 141 cm³/mol. The highest BCUT2D eigenvalue weighted by Crippen LogP contribution is 2.48. The summed E-state index contributed by atoms with van der Waals surface area (Å²) < 4.78 is 6.09. The average molecular weight is 493 g/mol. The van der Waals surface area contributed by atoms with Crippen molar-refractivity contribution in [1.82, 2.24) is 9.13 Å². The van der Waals surface area contributed by atoms with E-state index in [0.29, 0.717) is 11.7 Å². The van der Waals surface area contributed by atoms with Crippen molar-refractivity contribution in [1.29, 1.82) is 0 Å². The summed E-state index contributed by atoms with van der Waals surface area (Å²) in [6.45, 7) is 8.63. The molecule has 1 atom stereocenters. The number of hydrogen-bond donors (Lipinski definition) is 1. The molecule has 0 saturated heterocycles. The molecule has 1 N–H and O–H groups in total. The average Bonchev–Trinajstić information content (AvgIpc) is 3.39. The van der Waals surface area contributed by atoms with E-state index >= 15 is 0 Å². The summed E-state index contributed by atoms with van der Waals surface area (Å²) in [5, 5.41) is 10.5. The summed E-state index contributed by atoms with van der Waals surface area (Å²) in [5.41, 5.74) is 10.9. The molecule has 4 heterocycles. The Bertz CT molecular complexity index is 1420. The van der Waals surface area contributed by atoms with Gasteiger partial charge in [0, 0.05) is 48.7 Å². The maximum absolute atomic E-state index is 13.1. The van der Waals surface area contributed by atoms with Gasteiger partial charge in [-0.1, -0.05) is 0 Å². The van der Waals surface area contributed by atoms with Crippen LogP contribution in [0.3, 0.4) is 0 Å². The molecule has 6 nitrogen and oxygen atoms in total. The Balaban J connectivity index is 1.61. The first kappa shape index (κ1) is 23.9. The van der Waals surface area contributed by atoms with E-state index in [9.17, 15) is 14.7 Å². The van der Waals surface area contributed by atoms with Gasteiger partial charge in [0.05, 0.1) is 10.7 Å². The van der Waals surface area contributed by atoms with Crippen molar-refractivity contribution >= 4 is 29.0 Å². The van der Waals surface area contributed by atoms with Gasteiger partial charge in [-0.3, -0.25) is 9.36 Å². The molecule has 0 radical (unpaired) electrons. The van der Waals surface area contributed by atoms with Crippen molar-refractivity contribution in [3.05, 3.63) is 67.9 Å². The highest BCUT2D eigenvalue weighted by atomic mass is 32.2. The van der Waals surface area contributed by atoms with E-state index < -0.39 is 12.0 Å². The number of carboxylic acid groups (broad SMARTS) is 1. The number of aliphatic carboxylic acids is 1. The topological polar surface area (TPSA) is 67.2 Å². The predicted octanol–water partition coefficient (Wildman–Crippen LogP) is 4.82. The lowest BCUT2D eigenvalue weighted by molar-refractivity contribution is -0.435. The van der Waals surface area contributed by atoms with Crippen LogP contribution in [0, 0.1) is 13.8 Å². The lowest BCUT2D eigenvalue weighted by Crippen LogP contribution is -2.29. The SMILES string of the molecule is CC1=CC(C)=[N+](C)C1=C(CCc1cc(=O)n2c(c1C1CC1)SCC2C(=O)O)c1c(C)cc(C)n1C. The number of rotatable bonds is 6. The van der Waals surface area contributed by atoms with E-state index in [1.165, 1.54) is 61.4 Å². The van der Waals surface area contributed by atoms with Crippen molar-refractivity contribution < 1.29 is 14.5 Å². The van der Waals surface area contributed by atoms with Gasteiger partial charge in [-0.15, -0.1) is 11.8 Å². The number of carboxylic acids is 1. The molecule has 5 rings (SSSR count). The van der Waals surface area contributed by atoms with E-state index in [4.69, 9.17) is 0 Å². The minimum Gasteiger partial charge on any atom is -0.480 e. The number of allylic oxidation sites excluding steroid dienone is 3. The Hall–Kier alpha value is -2.80. The third kappa shape index (κ3) is 3.94. The fraction of sp³-hybridized carbons (Fsp3) is 0.464. The van der Waals surface area contributed by atoms with Gasteiger partial charge in [0.2, 0.25) is 5.70 Å². The van der Waals surface area contributed by atoms with Gasteiger partial charge in [-0.25, -0.2) is 4.79 Å². The molecule has 2 aliphatic heterocycles. The molecule has 2 aromatic heterocycles. The van der Waals surface area contributed by atoms with E-state index in [1.54, 1.807) is 6.07 Å². The monoisotopic (exact) mass is 492 g/mol. The number of thioether (sulfide) groups is 1. The second-order valence-corrected chi connectivity index (χ2v) is 11.3.